The van der Waals surface area contributed by atoms with Crippen LogP contribution in [-0.2, 0) is 36.7 Å². The Balaban J connectivity index is 0.000000131. The summed E-state index contributed by atoms with van der Waals surface area (Å²) in [6.45, 7) is 2.18. The molecule has 2 aliphatic rings. The monoisotopic (exact) mass is 468 g/mol. The van der Waals surface area contributed by atoms with Crippen molar-refractivity contribution in [1.82, 2.24) is 0 Å². The second kappa shape index (κ2) is 10.5. The largest absolute Gasteiger partial charge is 0.273 e. The van der Waals surface area contributed by atoms with Gasteiger partial charge in [-0.1, -0.05) is 25.7 Å². The normalized spacial score (nSPS) is 14.2. The first kappa shape index (κ1) is 18.1. The molecule has 0 aromatic heterocycles. The summed E-state index contributed by atoms with van der Waals surface area (Å²) >= 11 is 1.17. The Kier molecular flexibility index (Phi) is 8.31. The smallest absolute Gasteiger partial charge is 0.0512 e. The number of hydrogen-bond acceptors (Lipinski definition) is 0. The molecule has 0 heterocycles. The van der Waals surface area contributed by atoms with Crippen LogP contribution < -0.4 is 0 Å². The molecule has 0 unspecified atom stereocenters. The summed E-state index contributed by atoms with van der Waals surface area (Å²) in [6.07, 6.45) is 15.4. The van der Waals surface area contributed by atoms with Gasteiger partial charge in [0.2, 0.25) is 0 Å². The van der Waals surface area contributed by atoms with Crippen molar-refractivity contribution in [2.24, 2.45) is 0 Å². The number of fused-ring (bicyclic) bond motifs is 1. The number of allylic oxidation sites excluding steroid dienone is 4. The van der Waals surface area contributed by atoms with Gasteiger partial charge < -0.3 is 0 Å². The number of rotatable bonds is 1. The van der Waals surface area contributed by atoms with E-state index in [4.69, 9.17) is 0 Å². The maximum absolute atomic E-state index is 2.99. The van der Waals surface area contributed by atoms with Gasteiger partial charge in [0.25, 0.3) is 0 Å². The SMILES string of the molecule is C[C](=[Hf+2])c1ccccc1.[C-]1=CC=CC1.c1cc2c([cH-]1)CCCC2. The Labute approximate surface area is 155 Å². The van der Waals surface area contributed by atoms with Crippen molar-refractivity contribution in [2.75, 3.05) is 0 Å². The number of benzene rings is 1. The summed E-state index contributed by atoms with van der Waals surface area (Å²) in [5.41, 5.74) is 4.59. The van der Waals surface area contributed by atoms with Crippen molar-refractivity contribution >= 4 is 3.26 Å². The average Bonchev–Trinajstić information content (AvgIpc) is 3.30. The minimum Gasteiger partial charge on any atom is -0.273 e. The van der Waals surface area contributed by atoms with Crippen LogP contribution >= 0.6 is 0 Å². The predicted octanol–water partition coefficient (Wildman–Crippen LogP) is 5.36. The van der Waals surface area contributed by atoms with E-state index in [9.17, 15) is 0 Å². The zero-order chi connectivity index (χ0) is 16.3. The Morgan fingerprint density at radius 1 is 1.09 bits per heavy atom. The zero-order valence-electron chi connectivity index (χ0n) is 13.9. The van der Waals surface area contributed by atoms with E-state index in [1.165, 1.54) is 58.4 Å². The van der Waals surface area contributed by atoms with E-state index in [-0.39, 0.29) is 0 Å². The van der Waals surface area contributed by atoms with Crippen molar-refractivity contribution < 1.29 is 23.9 Å². The Hall–Kier alpha value is -1.21. The molecule has 116 valence electrons. The van der Waals surface area contributed by atoms with E-state index in [1.807, 2.05) is 18.2 Å². The van der Waals surface area contributed by atoms with Crippen LogP contribution in [0.3, 0.4) is 0 Å². The molecule has 1 heteroatoms. The molecular formula is C22H24Hf. The van der Waals surface area contributed by atoms with Crippen LogP contribution in [0.2, 0.25) is 0 Å². The zero-order valence-corrected chi connectivity index (χ0v) is 17.5. The standard InChI is InChI=1S/C9H11.C8H8.C5H5.Hf/c1-2-5-9-7-3-6-8(9)4-1;1-2-8-6-4-3-5-7-8;1-2-4-5-3-1;/h3,6-7H,1-2,4-5H2;3-7H,1H3;1-3H,4H2;/q-1;;-1;+2. The molecule has 0 atom stereocenters. The average molecular weight is 467 g/mol. The van der Waals surface area contributed by atoms with Crippen molar-refractivity contribution in [2.45, 2.75) is 39.0 Å². The summed E-state index contributed by atoms with van der Waals surface area (Å²) < 4.78 is 1.51. The second-order valence-electron chi connectivity index (χ2n) is 5.78. The van der Waals surface area contributed by atoms with E-state index in [2.05, 4.69) is 61.5 Å². The molecule has 0 N–H and O–H groups in total. The van der Waals surface area contributed by atoms with Gasteiger partial charge in [-0.2, -0.15) is 29.3 Å². The van der Waals surface area contributed by atoms with E-state index < -0.39 is 0 Å². The van der Waals surface area contributed by atoms with Crippen molar-refractivity contribution in [3.05, 3.63) is 89.5 Å². The molecule has 0 fully saturated rings. The van der Waals surface area contributed by atoms with Gasteiger partial charge in [0.1, 0.15) is 0 Å². The molecule has 2 aromatic rings. The van der Waals surface area contributed by atoms with Crippen LogP contribution in [0.1, 0.15) is 42.9 Å². The Bertz CT molecular complexity index is 613. The number of hydrogen-bond donors (Lipinski definition) is 0. The molecule has 0 aliphatic heterocycles. The van der Waals surface area contributed by atoms with Gasteiger partial charge >= 0.3 is 70.0 Å². The minimum absolute atomic E-state index is 1.01. The van der Waals surface area contributed by atoms with Gasteiger partial charge in [0.15, 0.2) is 0 Å². The fourth-order valence-corrected chi connectivity index (χ4v) is 3.24. The third-order valence-corrected chi connectivity index (χ3v) is 4.98. The first-order valence-electron chi connectivity index (χ1n) is 8.33. The van der Waals surface area contributed by atoms with Crippen molar-refractivity contribution in [3.8, 4) is 0 Å². The first-order chi connectivity index (χ1) is 11.3. The molecule has 23 heavy (non-hydrogen) atoms. The fraction of sp³-hybridized carbons (Fsp3) is 0.273. The summed E-state index contributed by atoms with van der Waals surface area (Å²) in [7, 11) is 0. The van der Waals surface area contributed by atoms with Crippen molar-refractivity contribution in [3.63, 3.8) is 0 Å². The van der Waals surface area contributed by atoms with Gasteiger partial charge in [-0.25, -0.2) is 18.2 Å². The molecule has 0 amide bonds. The summed E-state index contributed by atoms with van der Waals surface area (Å²) in [6, 6.07) is 17.2. The Morgan fingerprint density at radius 2 is 1.87 bits per heavy atom. The van der Waals surface area contributed by atoms with Gasteiger partial charge in [-0.05, 0) is 0 Å². The second-order valence-corrected chi connectivity index (χ2v) is 8.47. The molecule has 0 spiro atoms. The van der Waals surface area contributed by atoms with Crippen LogP contribution in [0.4, 0.5) is 0 Å². The van der Waals surface area contributed by atoms with Crippen LogP contribution in [0.15, 0.2) is 66.8 Å². The molecule has 2 aliphatic carbocycles. The van der Waals surface area contributed by atoms with E-state index in [0.717, 1.165) is 6.42 Å². The van der Waals surface area contributed by atoms with Gasteiger partial charge in [-0.15, -0.1) is 6.42 Å². The summed E-state index contributed by atoms with van der Waals surface area (Å²) in [5.74, 6) is 0. The van der Waals surface area contributed by atoms with Crippen LogP contribution in [0, 0.1) is 6.08 Å². The van der Waals surface area contributed by atoms with Gasteiger partial charge in [0.05, 0.1) is 0 Å². The molecule has 0 nitrogen and oxygen atoms in total. The quantitative estimate of drug-likeness (QED) is 0.392. The van der Waals surface area contributed by atoms with Crippen LogP contribution in [-0.4, -0.2) is 3.26 Å². The van der Waals surface area contributed by atoms with Crippen LogP contribution in [0.25, 0.3) is 0 Å². The number of aryl methyl sites for hydroxylation is 2. The molecular weight excluding hydrogens is 443 g/mol. The summed E-state index contributed by atoms with van der Waals surface area (Å²) in [5, 5.41) is 0. The van der Waals surface area contributed by atoms with Gasteiger partial charge in [-0.3, -0.25) is 6.08 Å². The summed E-state index contributed by atoms with van der Waals surface area (Å²) in [4.78, 5) is 0. The molecule has 0 saturated heterocycles. The van der Waals surface area contributed by atoms with Gasteiger partial charge in [0, 0.05) is 0 Å². The molecule has 0 saturated carbocycles. The Morgan fingerprint density at radius 3 is 2.39 bits per heavy atom. The van der Waals surface area contributed by atoms with E-state index in [0.29, 0.717) is 0 Å². The molecule has 2 aromatic carbocycles. The van der Waals surface area contributed by atoms with Crippen LogP contribution in [0.5, 0.6) is 0 Å². The predicted molar refractivity (Wildman–Crippen MR) is 96.5 cm³/mol. The third kappa shape index (κ3) is 6.83. The minimum atomic E-state index is 1.01. The fourth-order valence-electron chi connectivity index (χ4n) is 2.64. The van der Waals surface area contributed by atoms with E-state index in [1.54, 1.807) is 11.1 Å². The third-order valence-electron chi connectivity index (χ3n) is 3.94. The maximum Gasteiger partial charge on any atom is -0.0512 e. The maximum atomic E-state index is 2.99. The van der Waals surface area contributed by atoms with Crippen molar-refractivity contribution in [1.29, 1.82) is 0 Å². The first-order valence-corrected chi connectivity index (χ1v) is 10.1. The topological polar surface area (TPSA) is 0 Å². The molecule has 0 radical (unpaired) electrons. The molecule has 0 bridgehead atoms. The molecule has 4 rings (SSSR count). The van der Waals surface area contributed by atoms with E-state index >= 15 is 0 Å².